The Kier molecular flexibility index (Phi) is 5.69. The van der Waals surface area contributed by atoms with Gasteiger partial charge in [-0.15, -0.1) is 0 Å². The Morgan fingerprint density at radius 2 is 2.14 bits per heavy atom. The number of aliphatic hydroxyl groups is 1. The molecule has 4 heteroatoms. The molecule has 0 amide bonds. The highest BCUT2D eigenvalue weighted by atomic mass is 79.9. The second-order valence-electron chi connectivity index (χ2n) is 7.01. The van der Waals surface area contributed by atoms with Crippen molar-refractivity contribution in [1.29, 1.82) is 0 Å². The number of aliphatic hydroxyl groups excluding tert-OH is 1. The monoisotopic (exact) mass is 354 g/mol. The number of rotatable bonds is 4. The first kappa shape index (κ1) is 16.8. The van der Waals surface area contributed by atoms with E-state index in [-0.39, 0.29) is 5.54 Å². The van der Waals surface area contributed by atoms with Crippen LogP contribution in [0.2, 0.25) is 0 Å². The molecule has 1 atom stereocenters. The first-order valence-corrected chi connectivity index (χ1v) is 8.57. The number of anilines is 1. The maximum atomic E-state index is 9.44. The summed E-state index contributed by atoms with van der Waals surface area (Å²) >= 11 is 3.59. The van der Waals surface area contributed by atoms with Crippen molar-refractivity contribution in [2.45, 2.75) is 45.7 Å². The molecule has 1 fully saturated rings. The van der Waals surface area contributed by atoms with Crippen molar-refractivity contribution >= 4 is 21.6 Å². The Balaban J connectivity index is 2.18. The molecule has 1 unspecified atom stereocenters. The van der Waals surface area contributed by atoms with Crippen LogP contribution >= 0.6 is 15.9 Å². The SMILES string of the molecule is CC(C)(C)NCc1ccc(Br)cc1N1CCCC(CO)C1. The molecule has 21 heavy (non-hydrogen) atoms. The van der Waals surface area contributed by atoms with Crippen molar-refractivity contribution in [2.24, 2.45) is 5.92 Å². The molecule has 1 aromatic carbocycles. The number of nitrogens with one attached hydrogen (secondary N) is 1. The van der Waals surface area contributed by atoms with Crippen molar-refractivity contribution in [2.75, 3.05) is 24.6 Å². The summed E-state index contributed by atoms with van der Waals surface area (Å²) in [7, 11) is 0. The summed E-state index contributed by atoms with van der Waals surface area (Å²) in [5.41, 5.74) is 2.73. The topological polar surface area (TPSA) is 35.5 Å². The van der Waals surface area contributed by atoms with E-state index < -0.39 is 0 Å². The van der Waals surface area contributed by atoms with E-state index in [0.717, 1.165) is 36.9 Å². The van der Waals surface area contributed by atoms with Gasteiger partial charge in [0.2, 0.25) is 0 Å². The summed E-state index contributed by atoms with van der Waals surface area (Å²) in [6.45, 7) is 9.76. The lowest BCUT2D eigenvalue weighted by molar-refractivity contribution is 0.208. The van der Waals surface area contributed by atoms with E-state index in [1.54, 1.807) is 0 Å². The van der Waals surface area contributed by atoms with Gasteiger partial charge in [-0.3, -0.25) is 0 Å². The zero-order valence-corrected chi connectivity index (χ0v) is 14.9. The van der Waals surface area contributed by atoms with Crippen molar-refractivity contribution in [3.05, 3.63) is 28.2 Å². The van der Waals surface area contributed by atoms with Gasteiger partial charge in [0.25, 0.3) is 0 Å². The molecular formula is C17H27BrN2O. The molecule has 0 aliphatic carbocycles. The van der Waals surface area contributed by atoms with Crippen LogP contribution < -0.4 is 10.2 Å². The van der Waals surface area contributed by atoms with Gasteiger partial charge in [-0.05, 0) is 57.2 Å². The minimum absolute atomic E-state index is 0.111. The first-order valence-electron chi connectivity index (χ1n) is 7.78. The molecule has 2 rings (SSSR count). The molecule has 0 bridgehead atoms. The number of nitrogens with zero attached hydrogens (tertiary/aromatic N) is 1. The Hall–Kier alpha value is -0.580. The van der Waals surface area contributed by atoms with Gasteiger partial charge in [-0.2, -0.15) is 0 Å². The second kappa shape index (κ2) is 7.12. The van der Waals surface area contributed by atoms with Crippen LogP contribution in [0.4, 0.5) is 5.69 Å². The molecule has 0 aromatic heterocycles. The fourth-order valence-electron chi connectivity index (χ4n) is 2.77. The molecule has 1 heterocycles. The van der Waals surface area contributed by atoms with Gasteiger partial charge in [0.1, 0.15) is 0 Å². The van der Waals surface area contributed by atoms with E-state index >= 15 is 0 Å². The zero-order chi connectivity index (χ0) is 15.5. The van der Waals surface area contributed by atoms with Crippen LogP contribution in [0.5, 0.6) is 0 Å². The molecule has 3 nitrogen and oxygen atoms in total. The third-order valence-electron chi connectivity index (χ3n) is 3.97. The van der Waals surface area contributed by atoms with Crippen molar-refractivity contribution < 1.29 is 5.11 Å². The van der Waals surface area contributed by atoms with Crippen molar-refractivity contribution in [1.82, 2.24) is 5.32 Å². The van der Waals surface area contributed by atoms with E-state index in [1.807, 2.05) is 0 Å². The lowest BCUT2D eigenvalue weighted by atomic mass is 9.97. The number of benzene rings is 1. The quantitative estimate of drug-likeness (QED) is 0.867. The number of piperidine rings is 1. The molecule has 0 saturated carbocycles. The van der Waals surface area contributed by atoms with E-state index in [0.29, 0.717) is 12.5 Å². The molecule has 1 aliphatic rings. The van der Waals surface area contributed by atoms with Crippen LogP contribution in [0.15, 0.2) is 22.7 Å². The minimum atomic E-state index is 0.111. The van der Waals surface area contributed by atoms with Crippen LogP contribution in [-0.2, 0) is 6.54 Å². The van der Waals surface area contributed by atoms with E-state index in [9.17, 15) is 5.11 Å². The Bertz CT molecular complexity index is 470. The van der Waals surface area contributed by atoms with Crippen molar-refractivity contribution in [3.8, 4) is 0 Å². The average Bonchev–Trinajstić information content (AvgIpc) is 2.45. The molecule has 1 aromatic rings. The highest BCUT2D eigenvalue weighted by Crippen LogP contribution is 2.29. The summed E-state index contributed by atoms with van der Waals surface area (Å²) in [6.07, 6.45) is 2.29. The van der Waals surface area contributed by atoms with E-state index in [1.165, 1.54) is 11.3 Å². The van der Waals surface area contributed by atoms with E-state index in [2.05, 4.69) is 65.1 Å². The largest absolute Gasteiger partial charge is 0.396 e. The van der Waals surface area contributed by atoms with Crippen LogP contribution in [0.1, 0.15) is 39.2 Å². The number of halogens is 1. The fraction of sp³-hybridized carbons (Fsp3) is 0.647. The fourth-order valence-corrected chi connectivity index (χ4v) is 3.12. The first-order chi connectivity index (χ1) is 9.89. The molecule has 1 aliphatic heterocycles. The Morgan fingerprint density at radius 3 is 2.81 bits per heavy atom. The summed E-state index contributed by atoms with van der Waals surface area (Å²) in [6, 6.07) is 6.51. The van der Waals surface area contributed by atoms with Gasteiger partial charge in [0, 0.05) is 41.9 Å². The van der Waals surface area contributed by atoms with Crippen LogP contribution in [0.3, 0.4) is 0 Å². The Labute approximate surface area is 136 Å². The zero-order valence-electron chi connectivity index (χ0n) is 13.3. The third kappa shape index (κ3) is 4.97. The smallest absolute Gasteiger partial charge is 0.0476 e. The van der Waals surface area contributed by atoms with Gasteiger partial charge in [-0.1, -0.05) is 22.0 Å². The van der Waals surface area contributed by atoms with Gasteiger partial charge in [-0.25, -0.2) is 0 Å². The van der Waals surface area contributed by atoms with Gasteiger partial charge in [0.05, 0.1) is 0 Å². The molecule has 1 saturated heterocycles. The summed E-state index contributed by atoms with van der Waals surface area (Å²) in [5, 5.41) is 13.0. The van der Waals surface area contributed by atoms with E-state index in [4.69, 9.17) is 0 Å². The number of hydrogen-bond acceptors (Lipinski definition) is 3. The van der Waals surface area contributed by atoms with Crippen LogP contribution in [-0.4, -0.2) is 30.3 Å². The van der Waals surface area contributed by atoms with Crippen LogP contribution in [0.25, 0.3) is 0 Å². The number of hydrogen-bond donors (Lipinski definition) is 2. The van der Waals surface area contributed by atoms with Crippen LogP contribution in [0, 0.1) is 5.92 Å². The Morgan fingerprint density at radius 1 is 1.38 bits per heavy atom. The van der Waals surface area contributed by atoms with Gasteiger partial charge >= 0.3 is 0 Å². The summed E-state index contributed by atoms with van der Waals surface area (Å²) in [5.74, 6) is 0.404. The predicted octanol–water partition coefficient (Wildman–Crippen LogP) is 3.55. The standard InChI is InChI=1S/C17H27BrN2O/c1-17(2,3)19-10-14-6-7-15(18)9-16(14)20-8-4-5-13(11-20)12-21/h6-7,9,13,19,21H,4-5,8,10-12H2,1-3H3. The average molecular weight is 355 g/mol. The molecule has 0 radical (unpaired) electrons. The summed E-state index contributed by atoms with van der Waals surface area (Å²) in [4.78, 5) is 2.43. The highest BCUT2D eigenvalue weighted by Gasteiger charge is 2.22. The lowest BCUT2D eigenvalue weighted by Crippen LogP contribution is -2.39. The van der Waals surface area contributed by atoms with Crippen molar-refractivity contribution in [3.63, 3.8) is 0 Å². The second-order valence-corrected chi connectivity index (χ2v) is 7.93. The highest BCUT2D eigenvalue weighted by molar-refractivity contribution is 9.10. The maximum Gasteiger partial charge on any atom is 0.0476 e. The lowest BCUT2D eigenvalue weighted by Gasteiger charge is -2.35. The molecule has 118 valence electrons. The van der Waals surface area contributed by atoms with Gasteiger partial charge in [0.15, 0.2) is 0 Å². The predicted molar refractivity (Wildman–Crippen MR) is 92.8 cm³/mol. The molecular weight excluding hydrogens is 328 g/mol. The summed E-state index contributed by atoms with van der Waals surface area (Å²) < 4.78 is 1.11. The minimum Gasteiger partial charge on any atom is -0.396 e. The molecule has 2 N–H and O–H groups in total. The third-order valence-corrected chi connectivity index (χ3v) is 4.47. The maximum absolute atomic E-state index is 9.44. The molecule has 0 spiro atoms. The normalized spacial score (nSPS) is 19.9. The van der Waals surface area contributed by atoms with Gasteiger partial charge < -0.3 is 15.3 Å².